The third kappa shape index (κ3) is 5.20. The Balaban J connectivity index is 0.000000518. The molecule has 23 heavy (non-hydrogen) atoms. The molecular weight excluding hydrogens is 318 g/mol. The van der Waals surface area contributed by atoms with Gasteiger partial charge in [0, 0.05) is 12.4 Å². The standard InChI is InChI=1S/C9H8N2O3S.C5H5N.CH4.H2O/c10-9(12)7-5-6-3-1-2-4-8(6)15(13,14)11-7;1-2-4-6-5-3-1;;/h1-5,11H,(H2,10,12);1-5H;1H4;1H2. The number of nitrogens with zero attached hydrogens (tertiary/aromatic N) is 1. The van der Waals surface area contributed by atoms with E-state index in [1.165, 1.54) is 12.1 Å². The van der Waals surface area contributed by atoms with Crippen molar-refractivity contribution in [1.29, 1.82) is 0 Å². The van der Waals surface area contributed by atoms with Crippen LogP contribution in [0.15, 0.2) is 65.5 Å². The van der Waals surface area contributed by atoms with Gasteiger partial charge in [-0.3, -0.25) is 14.5 Å². The molecule has 1 aromatic heterocycles. The van der Waals surface area contributed by atoms with Gasteiger partial charge in [0.25, 0.3) is 15.9 Å². The number of carbonyl (C=O) groups excluding carboxylic acids is 1. The van der Waals surface area contributed by atoms with Crippen LogP contribution >= 0.6 is 0 Å². The number of hydrogen-bond donors (Lipinski definition) is 2. The predicted octanol–water partition coefficient (Wildman–Crippen LogP) is 0.698. The van der Waals surface area contributed by atoms with E-state index < -0.39 is 15.9 Å². The van der Waals surface area contributed by atoms with Crippen LogP contribution in [-0.4, -0.2) is 24.8 Å². The maximum atomic E-state index is 11.6. The van der Waals surface area contributed by atoms with Gasteiger partial charge in [0.05, 0.1) is 4.90 Å². The number of primary amides is 1. The van der Waals surface area contributed by atoms with Crippen molar-refractivity contribution in [1.82, 2.24) is 9.71 Å². The van der Waals surface area contributed by atoms with Gasteiger partial charge in [-0.25, -0.2) is 8.42 Å². The van der Waals surface area contributed by atoms with E-state index in [1.54, 1.807) is 30.6 Å². The lowest BCUT2D eigenvalue weighted by Gasteiger charge is -2.16. The number of sulfonamides is 1. The summed E-state index contributed by atoms with van der Waals surface area (Å²) in [5.41, 5.74) is 5.36. The number of fused-ring (bicyclic) bond motifs is 1. The fourth-order valence-electron chi connectivity index (χ4n) is 1.66. The largest absolute Gasteiger partial charge is 0.412 e. The molecule has 1 aliphatic heterocycles. The Bertz CT molecular complexity index is 748. The number of rotatable bonds is 1. The van der Waals surface area contributed by atoms with Gasteiger partial charge < -0.3 is 11.2 Å². The lowest BCUT2D eigenvalue weighted by atomic mass is 10.2. The van der Waals surface area contributed by atoms with Crippen molar-refractivity contribution in [2.45, 2.75) is 12.3 Å². The van der Waals surface area contributed by atoms with Crippen molar-refractivity contribution in [3.63, 3.8) is 0 Å². The lowest BCUT2D eigenvalue weighted by molar-refractivity contribution is -0.114. The highest BCUT2D eigenvalue weighted by Gasteiger charge is 2.25. The molecule has 0 aliphatic carbocycles. The zero-order chi connectivity index (χ0) is 15.3. The van der Waals surface area contributed by atoms with Crippen molar-refractivity contribution in [3.05, 3.63) is 66.1 Å². The molecule has 0 unspecified atom stereocenters. The second-order valence-electron chi connectivity index (χ2n) is 4.09. The maximum Gasteiger partial charge on any atom is 0.265 e. The molecule has 0 spiro atoms. The third-order valence-corrected chi connectivity index (χ3v) is 4.02. The molecule has 8 heteroatoms. The fraction of sp³-hybridized carbons (Fsp3) is 0.0667. The average molecular weight is 337 g/mol. The molecule has 0 saturated heterocycles. The first-order valence-corrected chi connectivity index (χ1v) is 7.47. The summed E-state index contributed by atoms with van der Waals surface area (Å²) in [6.07, 6.45) is 4.92. The van der Waals surface area contributed by atoms with Gasteiger partial charge in [0.15, 0.2) is 0 Å². The van der Waals surface area contributed by atoms with E-state index in [1.807, 2.05) is 18.2 Å². The van der Waals surface area contributed by atoms with Crippen LogP contribution in [0.3, 0.4) is 0 Å². The van der Waals surface area contributed by atoms with E-state index >= 15 is 0 Å². The van der Waals surface area contributed by atoms with E-state index in [4.69, 9.17) is 5.73 Å². The SMILES string of the molecule is C.NC(=O)C1=Cc2ccccc2S(=O)(=O)N1.O.c1ccncc1. The Hall–Kier alpha value is -2.71. The predicted molar refractivity (Wildman–Crippen MR) is 88.5 cm³/mol. The third-order valence-electron chi connectivity index (χ3n) is 2.58. The van der Waals surface area contributed by atoms with Crippen molar-refractivity contribution in [2.24, 2.45) is 5.73 Å². The van der Waals surface area contributed by atoms with Crippen LogP contribution < -0.4 is 10.5 Å². The minimum absolute atomic E-state index is 0. The molecule has 1 aliphatic rings. The zero-order valence-electron chi connectivity index (χ0n) is 11.4. The number of aromatic nitrogens is 1. The van der Waals surface area contributed by atoms with Crippen molar-refractivity contribution >= 4 is 22.0 Å². The van der Waals surface area contributed by atoms with Crippen LogP contribution in [0.5, 0.6) is 0 Å². The quantitative estimate of drug-likeness (QED) is 0.792. The number of hydrogen-bond acceptors (Lipinski definition) is 4. The summed E-state index contributed by atoms with van der Waals surface area (Å²) in [4.78, 5) is 14.8. The van der Waals surface area contributed by atoms with E-state index in [-0.39, 0.29) is 23.5 Å². The molecule has 2 heterocycles. The number of pyridine rings is 1. The number of carbonyl (C=O) groups is 1. The van der Waals surface area contributed by atoms with E-state index in [2.05, 4.69) is 9.71 Å². The normalized spacial score (nSPS) is 13.3. The first-order chi connectivity index (χ1) is 10.0. The number of benzene rings is 1. The molecule has 0 bridgehead atoms. The van der Waals surface area contributed by atoms with E-state index in [9.17, 15) is 13.2 Å². The van der Waals surface area contributed by atoms with Crippen LogP contribution in [0.25, 0.3) is 6.08 Å². The first-order valence-electron chi connectivity index (χ1n) is 5.99. The molecule has 0 fully saturated rings. The highest BCUT2D eigenvalue weighted by Crippen LogP contribution is 2.22. The first kappa shape index (κ1) is 20.3. The molecule has 3 rings (SSSR count). The summed E-state index contributed by atoms with van der Waals surface area (Å²) >= 11 is 0. The van der Waals surface area contributed by atoms with Crippen molar-refractivity contribution in [3.8, 4) is 0 Å². The summed E-state index contributed by atoms with van der Waals surface area (Å²) in [5, 5.41) is 0. The molecule has 1 aromatic carbocycles. The number of nitrogens with one attached hydrogen (secondary N) is 1. The summed E-state index contributed by atoms with van der Waals surface area (Å²) in [7, 11) is -3.66. The minimum atomic E-state index is -3.66. The topological polar surface area (TPSA) is 134 Å². The lowest BCUT2D eigenvalue weighted by Crippen LogP contribution is -2.33. The highest BCUT2D eigenvalue weighted by molar-refractivity contribution is 7.89. The molecule has 7 nitrogen and oxygen atoms in total. The summed E-state index contributed by atoms with van der Waals surface area (Å²) < 4.78 is 25.4. The highest BCUT2D eigenvalue weighted by atomic mass is 32.2. The smallest absolute Gasteiger partial charge is 0.265 e. The Morgan fingerprint density at radius 2 is 1.65 bits per heavy atom. The zero-order valence-corrected chi connectivity index (χ0v) is 12.2. The summed E-state index contributed by atoms with van der Waals surface area (Å²) in [5.74, 6) is -0.798. The van der Waals surface area contributed by atoms with Gasteiger partial charge in [-0.2, -0.15) is 0 Å². The molecule has 0 atom stereocenters. The van der Waals surface area contributed by atoms with Gasteiger partial charge in [0.2, 0.25) is 0 Å². The molecule has 124 valence electrons. The van der Waals surface area contributed by atoms with Gasteiger partial charge >= 0.3 is 0 Å². The van der Waals surface area contributed by atoms with E-state index in [0.29, 0.717) is 5.56 Å². The average Bonchev–Trinajstić information content (AvgIpc) is 2.49. The van der Waals surface area contributed by atoms with Crippen LogP contribution in [0.4, 0.5) is 0 Å². The van der Waals surface area contributed by atoms with Gasteiger partial charge in [0.1, 0.15) is 5.70 Å². The monoisotopic (exact) mass is 337 g/mol. The van der Waals surface area contributed by atoms with Crippen LogP contribution in [0.2, 0.25) is 0 Å². The molecule has 1 amide bonds. The Morgan fingerprint density at radius 3 is 2.13 bits per heavy atom. The fourth-order valence-corrected chi connectivity index (χ4v) is 2.92. The van der Waals surface area contributed by atoms with Crippen molar-refractivity contribution in [2.75, 3.05) is 0 Å². The van der Waals surface area contributed by atoms with Crippen LogP contribution in [-0.2, 0) is 14.8 Å². The van der Waals surface area contributed by atoms with Crippen LogP contribution in [0, 0.1) is 0 Å². The molecule has 0 saturated carbocycles. The molecule has 0 radical (unpaired) electrons. The Kier molecular flexibility index (Phi) is 7.64. The van der Waals surface area contributed by atoms with Gasteiger partial charge in [-0.05, 0) is 29.8 Å². The van der Waals surface area contributed by atoms with Crippen LogP contribution in [0.1, 0.15) is 13.0 Å². The summed E-state index contributed by atoms with van der Waals surface area (Å²) in [6, 6.07) is 12.1. The maximum absolute atomic E-state index is 11.6. The number of nitrogens with two attached hydrogens (primary N) is 1. The molecular formula is C15H19N3O4S. The molecule has 5 N–H and O–H groups in total. The van der Waals surface area contributed by atoms with Crippen molar-refractivity contribution < 1.29 is 18.7 Å². The minimum Gasteiger partial charge on any atom is -0.412 e. The Morgan fingerprint density at radius 1 is 1.04 bits per heavy atom. The molecule has 2 aromatic rings. The second-order valence-corrected chi connectivity index (χ2v) is 5.74. The summed E-state index contributed by atoms with van der Waals surface area (Å²) in [6.45, 7) is 0. The van der Waals surface area contributed by atoms with Gasteiger partial charge in [-0.15, -0.1) is 0 Å². The number of amides is 1. The van der Waals surface area contributed by atoms with E-state index in [0.717, 1.165) is 0 Å². The van der Waals surface area contributed by atoms with Gasteiger partial charge in [-0.1, -0.05) is 31.7 Å². The second kappa shape index (κ2) is 8.66. The Labute approximate surface area is 135 Å².